The van der Waals surface area contributed by atoms with E-state index in [0.717, 1.165) is 17.4 Å². The zero-order valence-electron chi connectivity index (χ0n) is 6.66. The van der Waals surface area contributed by atoms with Crippen molar-refractivity contribution in [1.29, 1.82) is 0 Å². The van der Waals surface area contributed by atoms with Crippen LogP contribution in [0.3, 0.4) is 0 Å². The zero-order valence-corrected chi connectivity index (χ0v) is 7.48. The van der Waals surface area contributed by atoms with Crippen LogP contribution in [0.4, 0.5) is 5.82 Å². The first kappa shape index (κ1) is 8.33. The summed E-state index contributed by atoms with van der Waals surface area (Å²) in [5.74, 6) is 0.838. The Bertz CT molecular complexity index is 209. The fourth-order valence-electron chi connectivity index (χ4n) is 0.704. The fraction of sp³-hybridized carbons (Fsp3) is 0.429. The van der Waals surface area contributed by atoms with Crippen molar-refractivity contribution in [2.75, 3.05) is 18.1 Å². The molecule has 0 atom stereocenters. The number of rotatable bonds is 3. The number of hydrogen-bond donors (Lipinski definition) is 1. The van der Waals surface area contributed by atoms with Gasteiger partial charge in [0.05, 0.1) is 0 Å². The lowest BCUT2D eigenvalue weighted by Gasteiger charge is -1.99. The van der Waals surface area contributed by atoms with Crippen molar-refractivity contribution >= 4 is 17.6 Å². The minimum atomic E-state index is 0.838. The lowest BCUT2D eigenvalue weighted by atomic mass is 10.5. The highest BCUT2D eigenvalue weighted by atomic mass is 32.2. The average Bonchev–Trinajstić information content (AvgIpc) is 2.07. The van der Waals surface area contributed by atoms with Crippen molar-refractivity contribution in [3.8, 4) is 0 Å². The van der Waals surface area contributed by atoms with Crippen LogP contribution in [0, 0.1) is 0 Å². The van der Waals surface area contributed by atoms with Gasteiger partial charge in [-0.25, -0.2) is 0 Å². The largest absolute Gasteiger partial charge is 0.369 e. The van der Waals surface area contributed by atoms with Crippen molar-refractivity contribution in [3.63, 3.8) is 0 Å². The molecule has 0 spiro atoms. The van der Waals surface area contributed by atoms with Gasteiger partial charge < -0.3 is 5.32 Å². The van der Waals surface area contributed by atoms with Gasteiger partial charge in [0.25, 0.3) is 0 Å². The predicted molar refractivity (Wildman–Crippen MR) is 48.0 cm³/mol. The van der Waals surface area contributed by atoms with Gasteiger partial charge in [-0.2, -0.15) is 0 Å². The van der Waals surface area contributed by atoms with Crippen molar-refractivity contribution in [1.82, 2.24) is 10.2 Å². The molecule has 0 saturated carbocycles. The van der Waals surface area contributed by atoms with Crippen LogP contribution in [-0.2, 0) is 0 Å². The number of anilines is 1. The van der Waals surface area contributed by atoms with Crippen LogP contribution in [0.15, 0.2) is 17.2 Å². The van der Waals surface area contributed by atoms with E-state index in [1.54, 1.807) is 11.8 Å². The molecule has 1 aromatic heterocycles. The summed E-state index contributed by atoms with van der Waals surface area (Å²) in [5, 5.41) is 12.0. The average molecular weight is 169 g/mol. The highest BCUT2D eigenvalue weighted by Gasteiger charge is 1.92. The Morgan fingerprint density at radius 2 is 2.27 bits per heavy atom. The van der Waals surface area contributed by atoms with Gasteiger partial charge in [0.15, 0.2) is 0 Å². The maximum absolute atomic E-state index is 3.97. The molecule has 0 saturated heterocycles. The maximum atomic E-state index is 3.97. The topological polar surface area (TPSA) is 37.8 Å². The third kappa shape index (κ3) is 2.38. The molecule has 0 radical (unpaired) electrons. The molecule has 1 rings (SSSR count). The fourth-order valence-corrected chi connectivity index (χ4v) is 1.03. The Labute approximate surface area is 70.6 Å². The first-order valence-electron chi connectivity index (χ1n) is 3.48. The molecule has 0 aliphatic carbocycles. The Morgan fingerprint density at radius 1 is 1.45 bits per heavy atom. The lowest BCUT2D eigenvalue weighted by molar-refractivity contribution is 0.926. The molecule has 3 nitrogen and oxygen atoms in total. The number of thioether (sulfide) groups is 1. The Kier molecular flexibility index (Phi) is 3.16. The van der Waals surface area contributed by atoms with Gasteiger partial charge in [-0.3, -0.25) is 0 Å². The molecule has 0 aliphatic heterocycles. The van der Waals surface area contributed by atoms with Gasteiger partial charge in [-0.05, 0) is 25.3 Å². The molecule has 60 valence electrons. The third-order valence-electron chi connectivity index (χ3n) is 1.21. The first-order valence-corrected chi connectivity index (χ1v) is 4.71. The van der Waals surface area contributed by atoms with E-state index < -0.39 is 0 Å². The molecule has 0 aliphatic rings. The van der Waals surface area contributed by atoms with Gasteiger partial charge in [0, 0.05) is 6.54 Å². The molecular formula is C7H11N3S. The van der Waals surface area contributed by atoms with E-state index in [2.05, 4.69) is 15.5 Å². The van der Waals surface area contributed by atoms with Crippen molar-refractivity contribution in [2.45, 2.75) is 11.9 Å². The summed E-state index contributed by atoms with van der Waals surface area (Å²) < 4.78 is 0. The number of aromatic nitrogens is 2. The SMILES string of the molecule is CCNc1ccc(SC)nn1. The van der Waals surface area contributed by atoms with Crippen molar-refractivity contribution in [3.05, 3.63) is 12.1 Å². The highest BCUT2D eigenvalue weighted by molar-refractivity contribution is 7.98. The third-order valence-corrected chi connectivity index (χ3v) is 1.84. The van der Waals surface area contributed by atoms with Gasteiger partial charge in [-0.1, -0.05) is 0 Å². The minimum Gasteiger partial charge on any atom is -0.369 e. The van der Waals surface area contributed by atoms with Crippen LogP contribution in [0.2, 0.25) is 0 Å². The van der Waals surface area contributed by atoms with E-state index in [1.807, 2.05) is 25.3 Å². The van der Waals surface area contributed by atoms with Crippen LogP contribution in [0.25, 0.3) is 0 Å². The predicted octanol–water partition coefficient (Wildman–Crippen LogP) is 1.63. The molecular weight excluding hydrogens is 158 g/mol. The Balaban J connectivity index is 2.66. The normalized spacial score (nSPS) is 9.64. The molecule has 0 unspecified atom stereocenters. The second-order valence-electron chi connectivity index (χ2n) is 1.99. The van der Waals surface area contributed by atoms with Crippen LogP contribution < -0.4 is 5.32 Å². The van der Waals surface area contributed by atoms with Gasteiger partial charge in [-0.15, -0.1) is 22.0 Å². The molecule has 0 fully saturated rings. The van der Waals surface area contributed by atoms with E-state index in [4.69, 9.17) is 0 Å². The number of hydrogen-bond acceptors (Lipinski definition) is 4. The first-order chi connectivity index (χ1) is 5.36. The zero-order chi connectivity index (χ0) is 8.10. The van der Waals surface area contributed by atoms with Crippen LogP contribution >= 0.6 is 11.8 Å². The van der Waals surface area contributed by atoms with E-state index in [9.17, 15) is 0 Å². The van der Waals surface area contributed by atoms with E-state index in [1.165, 1.54) is 0 Å². The second-order valence-corrected chi connectivity index (χ2v) is 2.82. The number of nitrogens with one attached hydrogen (secondary N) is 1. The van der Waals surface area contributed by atoms with E-state index in [0.29, 0.717) is 0 Å². The Hall–Kier alpha value is -0.770. The molecule has 1 N–H and O–H groups in total. The minimum absolute atomic E-state index is 0.838. The smallest absolute Gasteiger partial charge is 0.148 e. The Morgan fingerprint density at radius 3 is 2.73 bits per heavy atom. The van der Waals surface area contributed by atoms with Crippen molar-refractivity contribution in [2.24, 2.45) is 0 Å². The van der Waals surface area contributed by atoms with Gasteiger partial charge in [0.2, 0.25) is 0 Å². The summed E-state index contributed by atoms with van der Waals surface area (Å²) in [6.07, 6.45) is 1.98. The molecule has 0 bridgehead atoms. The number of nitrogens with zero attached hydrogens (tertiary/aromatic N) is 2. The second kappa shape index (κ2) is 4.18. The monoisotopic (exact) mass is 169 g/mol. The standard InChI is InChI=1S/C7H11N3S/c1-3-8-6-4-5-7(11-2)10-9-6/h4-5H,3H2,1-2H3,(H,8,9). The van der Waals surface area contributed by atoms with Crippen LogP contribution in [-0.4, -0.2) is 23.0 Å². The van der Waals surface area contributed by atoms with Crippen molar-refractivity contribution < 1.29 is 0 Å². The molecule has 11 heavy (non-hydrogen) atoms. The summed E-state index contributed by atoms with van der Waals surface area (Å²) in [6.45, 7) is 2.91. The lowest BCUT2D eigenvalue weighted by Crippen LogP contribution is -1.99. The maximum Gasteiger partial charge on any atom is 0.148 e. The van der Waals surface area contributed by atoms with Crippen LogP contribution in [0.1, 0.15) is 6.92 Å². The summed E-state index contributed by atoms with van der Waals surface area (Å²) in [4.78, 5) is 0. The van der Waals surface area contributed by atoms with Gasteiger partial charge in [0.1, 0.15) is 10.8 Å². The summed E-state index contributed by atoms with van der Waals surface area (Å²) in [7, 11) is 0. The summed E-state index contributed by atoms with van der Waals surface area (Å²) in [6, 6.07) is 3.89. The molecule has 0 amide bonds. The van der Waals surface area contributed by atoms with E-state index in [-0.39, 0.29) is 0 Å². The molecule has 4 heteroatoms. The molecule has 1 aromatic rings. The van der Waals surface area contributed by atoms with E-state index >= 15 is 0 Å². The van der Waals surface area contributed by atoms with Crippen LogP contribution in [0.5, 0.6) is 0 Å². The molecule has 0 aromatic carbocycles. The summed E-state index contributed by atoms with van der Waals surface area (Å²) >= 11 is 1.59. The quantitative estimate of drug-likeness (QED) is 0.698. The highest BCUT2D eigenvalue weighted by Crippen LogP contribution is 2.10. The molecule has 1 heterocycles. The summed E-state index contributed by atoms with van der Waals surface area (Å²) in [5.41, 5.74) is 0. The van der Waals surface area contributed by atoms with Gasteiger partial charge >= 0.3 is 0 Å².